The van der Waals surface area contributed by atoms with E-state index in [2.05, 4.69) is 45.2 Å². The fourth-order valence-electron chi connectivity index (χ4n) is 0.516. The van der Waals surface area contributed by atoms with Gasteiger partial charge in [-0.2, -0.15) is 0 Å². The van der Waals surface area contributed by atoms with Gasteiger partial charge in [-0.25, -0.2) is 0 Å². The third-order valence-electron chi connectivity index (χ3n) is 1.01. The summed E-state index contributed by atoms with van der Waals surface area (Å²) in [5.41, 5.74) is 0. The van der Waals surface area contributed by atoms with E-state index in [1.54, 1.807) is 6.07 Å². The van der Waals surface area contributed by atoms with Crippen LogP contribution in [-0.4, -0.2) is 5.11 Å². The molecule has 1 N–H and O–H groups in total. The highest BCUT2D eigenvalue weighted by molar-refractivity contribution is 14.1. The van der Waals surface area contributed by atoms with Gasteiger partial charge in [-0.15, -0.1) is 0 Å². The molecular formula is C6H3ClI2O. The summed E-state index contributed by atoms with van der Waals surface area (Å²) < 4.78 is 1.96. The number of phenols is 1. The van der Waals surface area contributed by atoms with Crippen LogP contribution < -0.4 is 0 Å². The molecule has 0 unspecified atom stereocenters. The van der Waals surface area contributed by atoms with Crippen molar-refractivity contribution in [3.63, 3.8) is 0 Å². The first-order valence-electron chi connectivity index (χ1n) is 2.45. The lowest BCUT2D eigenvalue weighted by molar-refractivity contribution is 0.475. The molecule has 1 rings (SSSR count). The second-order valence-corrected chi connectivity index (χ2v) is 4.31. The summed E-state index contributed by atoms with van der Waals surface area (Å²) in [6.07, 6.45) is 0. The summed E-state index contributed by atoms with van der Waals surface area (Å²) in [4.78, 5) is 0. The van der Waals surface area contributed by atoms with Gasteiger partial charge in [-0.3, -0.25) is 0 Å². The molecule has 0 saturated heterocycles. The fraction of sp³-hybridized carbons (Fsp3) is 0. The lowest BCUT2D eigenvalue weighted by Gasteiger charge is -2.00. The highest BCUT2D eigenvalue weighted by Crippen LogP contribution is 2.31. The molecule has 0 aliphatic rings. The number of benzene rings is 1. The van der Waals surface area contributed by atoms with Gasteiger partial charge in [-0.05, 0) is 57.3 Å². The molecule has 0 aromatic heterocycles. The zero-order valence-corrected chi connectivity index (χ0v) is 9.81. The molecule has 10 heavy (non-hydrogen) atoms. The summed E-state index contributed by atoms with van der Waals surface area (Å²) in [5.74, 6) is 0.145. The molecule has 54 valence electrons. The third-order valence-corrected chi connectivity index (χ3v) is 4.77. The Morgan fingerprint density at radius 3 is 2.40 bits per heavy atom. The van der Waals surface area contributed by atoms with Gasteiger partial charge in [0.2, 0.25) is 0 Å². The Labute approximate surface area is 91.1 Å². The molecule has 4 heteroatoms. The zero-order chi connectivity index (χ0) is 7.72. The molecule has 0 atom stereocenters. The number of aromatic hydroxyl groups is 1. The smallest absolute Gasteiger partial charge is 0.135 e. The van der Waals surface area contributed by atoms with Crippen molar-refractivity contribution in [2.75, 3.05) is 0 Å². The molecule has 0 heterocycles. The van der Waals surface area contributed by atoms with Crippen molar-refractivity contribution >= 4 is 56.8 Å². The molecule has 1 aromatic carbocycles. The fourth-order valence-corrected chi connectivity index (χ4v) is 1.75. The van der Waals surface area contributed by atoms with Crippen molar-refractivity contribution in [3.05, 3.63) is 24.3 Å². The molecule has 0 saturated carbocycles. The van der Waals surface area contributed by atoms with Crippen LogP contribution >= 0.6 is 56.8 Å². The molecule has 0 bridgehead atoms. The van der Waals surface area contributed by atoms with E-state index in [0.717, 1.165) is 7.14 Å². The minimum Gasteiger partial charge on any atom is -0.506 e. The number of rotatable bonds is 0. The monoisotopic (exact) mass is 380 g/mol. The molecule has 1 aromatic rings. The van der Waals surface area contributed by atoms with E-state index < -0.39 is 0 Å². The van der Waals surface area contributed by atoms with Crippen LogP contribution in [0.2, 0.25) is 5.02 Å². The molecule has 0 radical (unpaired) electrons. The lowest BCUT2D eigenvalue weighted by atomic mass is 10.3. The predicted octanol–water partition coefficient (Wildman–Crippen LogP) is 3.25. The van der Waals surface area contributed by atoms with Crippen LogP contribution in [0.5, 0.6) is 5.75 Å². The van der Waals surface area contributed by atoms with Crippen molar-refractivity contribution < 1.29 is 5.11 Å². The van der Waals surface area contributed by atoms with E-state index in [4.69, 9.17) is 16.7 Å². The SMILES string of the molecule is Oc1ccc(I)c(I)c1Cl. The van der Waals surface area contributed by atoms with Gasteiger partial charge in [0.05, 0.1) is 5.02 Å². The minimum atomic E-state index is 0.145. The van der Waals surface area contributed by atoms with Gasteiger partial charge in [0.15, 0.2) is 0 Å². The Morgan fingerprint density at radius 1 is 1.30 bits per heavy atom. The van der Waals surface area contributed by atoms with Crippen LogP contribution in [-0.2, 0) is 0 Å². The first-order chi connectivity index (χ1) is 4.63. The van der Waals surface area contributed by atoms with Crippen LogP contribution in [0.1, 0.15) is 0 Å². The Kier molecular flexibility index (Phi) is 3.05. The lowest BCUT2D eigenvalue weighted by Crippen LogP contribution is -1.80. The minimum absolute atomic E-state index is 0.145. The normalized spacial score (nSPS) is 9.90. The van der Waals surface area contributed by atoms with Crippen molar-refractivity contribution in [1.82, 2.24) is 0 Å². The van der Waals surface area contributed by atoms with Gasteiger partial charge >= 0.3 is 0 Å². The first kappa shape index (κ1) is 8.86. The molecule has 1 nitrogen and oxygen atoms in total. The molecule has 0 aliphatic carbocycles. The summed E-state index contributed by atoms with van der Waals surface area (Å²) in [6.45, 7) is 0. The van der Waals surface area contributed by atoms with E-state index in [9.17, 15) is 0 Å². The highest BCUT2D eigenvalue weighted by Gasteiger charge is 2.04. The Bertz CT molecular complexity index is 235. The molecule has 0 fully saturated rings. The average Bonchev–Trinajstić information content (AvgIpc) is 1.93. The van der Waals surface area contributed by atoms with Gasteiger partial charge < -0.3 is 5.11 Å². The van der Waals surface area contributed by atoms with Gasteiger partial charge in [0.25, 0.3) is 0 Å². The molecular weight excluding hydrogens is 377 g/mol. The van der Waals surface area contributed by atoms with Crippen molar-refractivity contribution in [3.8, 4) is 5.75 Å². The largest absolute Gasteiger partial charge is 0.506 e. The van der Waals surface area contributed by atoms with E-state index in [0.29, 0.717) is 5.02 Å². The van der Waals surface area contributed by atoms with Gasteiger partial charge in [0, 0.05) is 7.14 Å². The number of hydrogen-bond donors (Lipinski definition) is 1. The van der Waals surface area contributed by atoms with E-state index >= 15 is 0 Å². The molecule has 0 amide bonds. The number of hydrogen-bond acceptors (Lipinski definition) is 1. The summed E-state index contributed by atoms with van der Waals surface area (Å²) in [5, 5.41) is 9.52. The first-order valence-corrected chi connectivity index (χ1v) is 4.99. The second kappa shape index (κ2) is 3.44. The van der Waals surface area contributed by atoms with Crippen molar-refractivity contribution in [2.24, 2.45) is 0 Å². The molecule has 0 aliphatic heterocycles. The van der Waals surface area contributed by atoms with Crippen molar-refractivity contribution in [2.45, 2.75) is 0 Å². The maximum atomic E-state index is 9.08. The zero-order valence-electron chi connectivity index (χ0n) is 4.74. The van der Waals surface area contributed by atoms with Gasteiger partial charge in [-0.1, -0.05) is 11.6 Å². The summed E-state index contributed by atoms with van der Waals surface area (Å²) >= 11 is 9.98. The topological polar surface area (TPSA) is 20.2 Å². The molecule has 0 spiro atoms. The van der Waals surface area contributed by atoms with Crippen LogP contribution in [0.3, 0.4) is 0 Å². The Morgan fingerprint density at radius 2 is 1.90 bits per heavy atom. The number of halogens is 3. The summed E-state index contributed by atoms with van der Waals surface area (Å²) in [6, 6.07) is 3.41. The standard InChI is InChI=1S/C6H3ClI2O/c7-5-4(10)2-1-3(8)6(5)9/h1-2,10H. The van der Waals surface area contributed by atoms with Crippen LogP contribution in [0.4, 0.5) is 0 Å². The Hall–Kier alpha value is 0.770. The van der Waals surface area contributed by atoms with E-state index in [1.165, 1.54) is 0 Å². The van der Waals surface area contributed by atoms with E-state index in [-0.39, 0.29) is 5.75 Å². The quantitative estimate of drug-likeness (QED) is 0.541. The summed E-state index contributed by atoms with van der Waals surface area (Å²) in [7, 11) is 0. The Balaban J connectivity index is 3.34. The highest BCUT2D eigenvalue weighted by atomic mass is 127. The maximum Gasteiger partial charge on any atom is 0.135 e. The van der Waals surface area contributed by atoms with Crippen molar-refractivity contribution in [1.29, 1.82) is 0 Å². The van der Waals surface area contributed by atoms with Crippen LogP contribution in [0.25, 0.3) is 0 Å². The second-order valence-electron chi connectivity index (χ2n) is 1.69. The van der Waals surface area contributed by atoms with Crippen LogP contribution in [0.15, 0.2) is 12.1 Å². The number of phenolic OH excluding ortho intramolecular Hbond substituents is 1. The third kappa shape index (κ3) is 1.68. The van der Waals surface area contributed by atoms with Gasteiger partial charge in [0.1, 0.15) is 5.75 Å². The predicted molar refractivity (Wildman–Crippen MR) is 58.6 cm³/mol. The van der Waals surface area contributed by atoms with E-state index in [1.807, 2.05) is 6.07 Å². The average molecular weight is 380 g/mol. The van der Waals surface area contributed by atoms with Crippen LogP contribution in [0, 0.1) is 7.14 Å². The maximum absolute atomic E-state index is 9.08.